The summed E-state index contributed by atoms with van der Waals surface area (Å²) < 4.78 is 10.8. The third kappa shape index (κ3) is 4.28. The number of benzene rings is 2. The smallest absolute Gasteiger partial charge is 0.254 e. The molecule has 1 atom stereocenters. The number of rotatable bonds is 6. The second-order valence-electron chi connectivity index (χ2n) is 8.74. The molecule has 3 heterocycles. The summed E-state index contributed by atoms with van der Waals surface area (Å²) in [5, 5.41) is 2.10. The molecule has 2 amide bonds. The van der Waals surface area contributed by atoms with Crippen LogP contribution in [0.2, 0.25) is 0 Å². The topological polar surface area (TPSA) is 59.1 Å². The summed E-state index contributed by atoms with van der Waals surface area (Å²) in [6.07, 6.45) is 1.60. The number of fused-ring (bicyclic) bond motifs is 2. The van der Waals surface area contributed by atoms with Gasteiger partial charge in [0.05, 0.1) is 6.04 Å². The van der Waals surface area contributed by atoms with Crippen molar-refractivity contribution in [1.82, 2.24) is 9.80 Å². The van der Waals surface area contributed by atoms with Gasteiger partial charge in [-0.3, -0.25) is 9.59 Å². The maximum Gasteiger partial charge on any atom is 0.254 e. The monoisotopic (exact) mass is 476 g/mol. The van der Waals surface area contributed by atoms with E-state index < -0.39 is 0 Å². The van der Waals surface area contributed by atoms with Gasteiger partial charge in [-0.05, 0) is 60.5 Å². The van der Waals surface area contributed by atoms with Crippen LogP contribution in [0.25, 0.3) is 0 Å². The van der Waals surface area contributed by atoms with Crippen molar-refractivity contribution < 1.29 is 19.1 Å². The number of hydrogen-bond donors (Lipinski definition) is 0. The Labute approximate surface area is 203 Å². The van der Waals surface area contributed by atoms with Crippen LogP contribution in [0.5, 0.6) is 11.5 Å². The second-order valence-corrected chi connectivity index (χ2v) is 9.74. The summed E-state index contributed by atoms with van der Waals surface area (Å²) in [5.41, 5.74) is 3.98. The molecule has 2 aliphatic rings. The van der Waals surface area contributed by atoms with Crippen LogP contribution in [0.1, 0.15) is 51.3 Å². The molecule has 0 radical (unpaired) electrons. The fourth-order valence-electron chi connectivity index (χ4n) is 4.68. The zero-order valence-electron chi connectivity index (χ0n) is 19.5. The lowest BCUT2D eigenvalue weighted by Gasteiger charge is -2.37. The minimum atomic E-state index is -0.173. The van der Waals surface area contributed by atoms with E-state index >= 15 is 0 Å². The predicted molar refractivity (Wildman–Crippen MR) is 132 cm³/mol. The number of hydrogen-bond acceptors (Lipinski definition) is 5. The lowest BCUT2D eigenvalue weighted by atomic mass is 9.92. The van der Waals surface area contributed by atoms with Crippen LogP contribution >= 0.6 is 11.3 Å². The third-order valence-electron chi connectivity index (χ3n) is 6.41. The lowest BCUT2D eigenvalue weighted by Crippen LogP contribution is -2.47. The molecule has 0 saturated carbocycles. The predicted octanol–water partition coefficient (Wildman–Crippen LogP) is 4.81. The van der Waals surface area contributed by atoms with Gasteiger partial charge in [0.25, 0.3) is 5.91 Å². The SMILES string of the molecule is CCCN(CC(=O)N1CCc2sccc2C1c1ccc(C)cc1)C(=O)c1ccc2c(c1)OCO2. The first-order chi connectivity index (χ1) is 16.5. The van der Waals surface area contributed by atoms with Gasteiger partial charge >= 0.3 is 0 Å². The normalized spacial score (nSPS) is 16.3. The zero-order chi connectivity index (χ0) is 23.7. The van der Waals surface area contributed by atoms with Crippen LogP contribution < -0.4 is 9.47 Å². The molecule has 0 N–H and O–H groups in total. The van der Waals surface area contributed by atoms with Crippen molar-refractivity contribution in [3.63, 3.8) is 0 Å². The number of carbonyl (C=O) groups is 2. The molecular weight excluding hydrogens is 448 g/mol. The molecular formula is C27H28N2O4S. The first kappa shape index (κ1) is 22.5. The van der Waals surface area contributed by atoms with E-state index in [-0.39, 0.29) is 31.2 Å². The minimum absolute atomic E-state index is 0.0371. The number of carbonyl (C=O) groups excluding carboxylic acids is 2. The van der Waals surface area contributed by atoms with Crippen LogP contribution in [-0.4, -0.2) is 48.0 Å². The average molecular weight is 477 g/mol. The van der Waals surface area contributed by atoms with Crippen molar-refractivity contribution >= 4 is 23.2 Å². The van der Waals surface area contributed by atoms with E-state index in [2.05, 4.69) is 42.6 Å². The van der Waals surface area contributed by atoms with E-state index in [1.165, 1.54) is 16.0 Å². The molecule has 1 unspecified atom stereocenters. The number of thiophene rings is 1. The molecule has 7 heteroatoms. The Bertz CT molecular complexity index is 1200. The van der Waals surface area contributed by atoms with Gasteiger partial charge in [0.1, 0.15) is 6.54 Å². The maximum absolute atomic E-state index is 13.7. The van der Waals surface area contributed by atoms with Crippen LogP contribution in [0.4, 0.5) is 0 Å². The molecule has 2 aliphatic heterocycles. The average Bonchev–Trinajstić information content (AvgIpc) is 3.52. The Hall–Kier alpha value is -3.32. The summed E-state index contributed by atoms with van der Waals surface area (Å²) in [5.74, 6) is 0.989. The van der Waals surface area contributed by atoms with Gasteiger partial charge in [-0.2, -0.15) is 0 Å². The quantitative estimate of drug-likeness (QED) is 0.512. The van der Waals surface area contributed by atoms with Crippen molar-refractivity contribution in [3.8, 4) is 11.5 Å². The van der Waals surface area contributed by atoms with Crippen molar-refractivity contribution in [2.24, 2.45) is 0 Å². The Morgan fingerprint density at radius 1 is 1.09 bits per heavy atom. The molecule has 3 aromatic rings. The maximum atomic E-state index is 13.7. The molecule has 176 valence electrons. The molecule has 0 bridgehead atoms. The highest BCUT2D eigenvalue weighted by Crippen LogP contribution is 2.38. The summed E-state index contributed by atoms with van der Waals surface area (Å²) in [6, 6.07) is 15.6. The largest absolute Gasteiger partial charge is 0.454 e. The first-order valence-electron chi connectivity index (χ1n) is 11.7. The Morgan fingerprint density at radius 3 is 2.68 bits per heavy atom. The number of aryl methyl sites for hydroxylation is 1. The van der Waals surface area contributed by atoms with Crippen LogP contribution in [-0.2, 0) is 11.2 Å². The first-order valence-corrected chi connectivity index (χ1v) is 12.5. The van der Waals surface area contributed by atoms with E-state index in [1.54, 1.807) is 34.4 Å². The molecule has 6 nitrogen and oxygen atoms in total. The summed E-state index contributed by atoms with van der Waals surface area (Å²) in [6.45, 7) is 5.42. The molecule has 34 heavy (non-hydrogen) atoms. The van der Waals surface area contributed by atoms with Crippen molar-refractivity contribution in [2.45, 2.75) is 32.7 Å². The summed E-state index contributed by atoms with van der Waals surface area (Å²) >= 11 is 1.75. The van der Waals surface area contributed by atoms with Gasteiger partial charge in [0, 0.05) is 23.5 Å². The van der Waals surface area contributed by atoms with E-state index in [1.807, 2.05) is 11.8 Å². The van der Waals surface area contributed by atoms with Gasteiger partial charge in [0.15, 0.2) is 11.5 Å². The summed E-state index contributed by atoms with van der Waals surface area (Å²) in [7, 11) is 0. The molecule has 2 aromatic carbocycles. The van der Waals surface area contributed by atoms with E-state index in [0.717, 1.165) is 18.4 Å². The minimum Gasteiger partial charge on any atom is -0.454 e. The highest BCUT2D eigenvalue weighted by molar-refractivity contribution is 7.10. The van der Waals surface area contributed by atoms with E-state index in [0.29, 0.717) is 30.2 Å². The number of ether oxygens (including phenoxy) is 2. The number of nitrogens with zero attached hydrogens (tertiary/aromatic N) is 2. The molecule has 1 aromatic heterocycles. The van der Waals surface area contributed by atoms with Gasteiger partial charge in [-0.1, -0.05) is 36.8 Å². The van der Waals surface area contributed by atoms with Gasteiger partial charge < -0.3 is 19.3 Å². The summed E-state index contributed by atoms with van der Waals surface area (Å²) in [4.78, 5) is 32.0. The van der Waals surface area contributed by atoms with Gasteiger partial charge in [0.2, 0.25) is 12.7 Å². The standard InChI is InChI=1S/C27H28N2O4S/c1-3-12-28(27(31)20-8-9-22-23(15-20)33-17-32-22)16-25(30)29-13-10-24-21(11-14-34-24)26(29)19-6-4-18(2)5-7-19/h4-9,11,14-15,26H,3,10,12-13,16-17H2,1-2H3. The molecule has 0 spiro atoms. The second kappa shape index (κ2) is 9.50. The van der Waals surface area contributed by atoms with Crippen LogP contribution in [0, 0.1) is 6.92 Å². The molecule has 0 fully saturated rings. The van der Waals surface area contributed by atoms with Gasteiger partial charge in [-0.15, -0.1) is 11.3 Å². The Morgan fingerprint density at radius 2 is 1.88 bits per heavy atom. The van der Waals surface area contributed by atoms with Crippen molar-refractivity contribution in [3.05, 3.63) is 81.0 Å². The Kier molecular flexibility index (Phi) is 6.28. The Balaban J connectivity index is 1.40. The fraction of sp³-hybridized carbons (Fsp3) is 0.333. The van der Waals surface area contributed by atoms with Crippen LogP contribution in [0.15, 0.2) is 53.9 Å². The van der Waals surface area contributed by atoms with Gasteiger partial charge in [-0.25, -0.2) is 0 Å². The van der Waals surface area contributed by atoms with E-state index in [4.69, 9.17) is 9.47 Å². The fourth-order valence-corrected chi connectivity index (χ4v) is 5.59. The molecule has 0 saturated heterocycles. The van der Waals surface area contributed by atoms with Crippen LogP contribution in [0.3, 0.4) is 0 Å². The number of amides is 2. The van der Waals surface area contributed by atoms with Crippen molar-refractivity contribution in [2.75, 3.05) is 26.4 Å². The molecule has 0 aliphatic carbocycles. The highest BCUT2D eigenvalue weighted by Gasteiger charge is 2.34. The zero-order valence-corrected chi connectivity index (χ0v) is 20.3. The van der Waals surface area contributed by atoms with Crippen molar-refractivity contribution in [1.29, 1.82) is 0 Å². The lowest BCUT2D eigenvalue weighted by molar-refractivity contribution is -0.134. The third-order valence-corrected chi connectivity index (χ3v) is 7.40. The molecule has 5 rings (SSSR count). The van der Waals surface area contributed by atoms with E-state index in [9.17, 15) is 9.59 Å². The highest BCUT2D eigenvalue weighted by atomic mass is 32.1.